The van der Waals surface area contributed by atoms with Crippen molar-refractivity contribution in [2.75, 3.05) is 18.5 Å². The highest BCUT2D eigenvalue weighted by Gasteiger charge is 2.08. The van der Waals surface area contributed by atoms with Crippen molar-refractivity contribution < 1.29 is 9.53 Å². The first-order valence-electron chi connectivity index (χ1n) is 7.68. The summed E-state index contributed by atoms with van der Waals surface area (Å²) in [6, 6.07) is 9.34. The zero-order chi connectivity index (χ0) is 16.7. The summed E-state index contributed by atoms with van der Waals surface area (Å²) in [5.41, 5.74) is 1.06. The number of nitrogens with zero attached hydrogens (tertiary/aromatic N) is 2. The third-order valence-electron chi connectivity index (χ3n) is 3.15. The van der Waals surface area contributed by atoms with Crippen LogP contribution in [0.4, 0.5) is 5.82 Å². The van der Waals surface area contributed by atoms with Gasteiger partial charge in [-0.15, -0.1) is 0 Å². The molecule has 2 rings (SSSR count). The number of amides is 1. The van der Waals surface area contributed by atoms with E-state index in [4.69, 9.17) is 16.3 Å². The van der Waals surface area contributed by atoms with Crippen LogP contribution in [0.3, 0.4) is 0 Å². The minimum Gasteiger partial charge on any atom is -0.381 e. The van der Waals surface area contributed by atoms with Gasteiger partial charge in [0.05, 0.1) is 25.8 Å². The predicted molar refractivity (Wildman–Crippen MR) is 91.7 cm³/mol. The molecule has 2 aromatic rings. The van der Waals surface area contributed by atoms with Crippen molar-refractivity contribution in [3.05, 3.63) is 47.1 Å². The predicted octanol–water partition coefficient (Wildman–Crippen LogP) is 3.59. The SMILES string of the molecule is CC(C)COCCC(=O)Nc1ccnn1Cc1ccc(Cl)cc1. The molecule has 0 spiro atoms. The summed E-state index contributed by atoms with van der Waals surface area (Å²) in [6.07, 6.45) is 2.00. The van der Waals surface area contributed by atoms with Crippen LogP contribution in [0.25, 0.3) is 0 Å². The van der Waals surface area contributed by atoms with E-state index in [0.29, 0.717) is 42.9 Å². The van der Waals surface area contributed by atoms with Gasteiger partial charge >= 0.3 is 0 Å². The number of benzene rings is 1. The number of carbonyl (C=O) groups excluding carboxylic acids is 1. The third-order valence-corrected chi connectivity index (χ3v) is 3.41. The first kappa shape index (κ1) is 17.5. The molecule has 5 nitrogen and oxygen atoms in total. The minimum atomic E-state index is -0.0772. The number of hydrogen-bond donors (Lipinski definition) is 1. The summed E-state index contributed by atoms with van der Waals surface area (Å²) < 4.78 is 7.17. The van der Waals surface area contributed by atoms with Crippen molar-refractivity contribution >= 4 is 23.3 Å². The average Bonchev–Trinajstić information content (AvgIpc) is 2.93. The first-order valence-corrected chi connectivity index (χ1v) is 8.06. The highest BCUT2D eigenvalue weighted by Crippen LogP contribution is 2.13. The zero-order valence-electron chi connectivity index (χ0n) is 13.5. The van der Waals surface area contributed by atoms with E-state index >= 15 is 0 Å². The molecule has 124 valence electrons. The van der Waals surface area contributed by atoms with Gasteiger partial charge in [0.2, 0.25) is 5.91 Å². The van der Waals surface area contributed by atoms with Crippen LogP contribution in [0.15, 0.2) is 36.5 Å². The van der Waals surface area contributed by atoms with E-state index in [0.717, 1.165) is 5.56 Å². The Bertz CT molecular complexity index is 623. The van der Waals surface area contributed by atoms with E-state index in [1.54, 1.807) is 16.9 Å². The van der Waals surface area contributed by atoms with E-state index in [2.05, 4.69) is 24.3 Å². The van der Waals surface area contributed by atoms with E-state index in [1.165, 1.54) is 0 Å². The normalized spacial score (nSPS) is 11.0. The lowest BCUT2D eigenvalue weighted by molar-refractivity contribution is -0.117. The van der Waals surface area contributed by atoms with Crippen molar-refractivity contribution in [2.45, 2.75) is 26.8 Å². The fourth-order valence-electron chi connectivity index (χ4n) is 2.02. The summed E-state index contributed by atoms with van der Waals surface area (Å²) in [6.45, 7) is 5.82. The Labute approximate surface area is 141 Å². The van der Waals surface area contributed by atoms with Gasteiger partial charge in [0.25, 0.3) is 0 Å². The maximum Gasteiger partial charge on any atom is 0.227 e. The van der Waals surface area contributed by atoms with Gasteiger partial charge in [0, 0.05) is 17.7 Å². The molecule has 0 saturated heterocycles. The Morgan fingerprint density at radius 1 is 1.30 bits per heavy atom. The molecule has 23 heavy (non-hydrogen) atoms. The molecule has 0 aliphatic heterocycles. The first-order chi connectivity index (χ1) is 11.0. The Kier molecular flexibility index (Phi) is 6.62. The van der Waals surface area contributed by atoms with Gasteiger partial charge in [-0.1, -0.05) is 37.6 Å². The molecule has 0 fully saturated rings. The number of halogens is 1. The summed E-state index contributed by atoms with van der Waals surface area (Å²) in [5.74, 6) is 1.07. The summed E-state index contributed by atoms with van der Waals surface area (Å²) >= 11 is 5.88. The molecule has 1 amide bonds. The molecule has 6 heteroatoms. The molecule has 0 unspecified atom stereocenters. The van der Waals surface area contributed by atoms with Crippen LogP contribution < -0.4 is 5.32 Å². The van der Waals surface area contributed by atoms with Gasteiger partial charge in [-0.25, -0.2) is 4.68 Å². The minimum absolute atomic E-state index is 0.0772. The van der Waals surface area contributed by atoms with Crippen LogP contribution >= 0.6 is 11.6 Å². The van der Waals surface area contributed by atoms with Crippen molar-refractivity contribution in [3.8, 4) is 0 Å². The third kappa shape index (κ3) is 6.04. The Hall–Kier alpha value is -1.85. The average molecular weight is 336 g/mol. The van der Waals surface area contributed by atoms with Crippen LogP contribution in [0, 0.1) is 5.92 Å². The zero-order valence-corrected chi connectivity index (χ0v) is 14.2. The Balaban J connectivity index is 1.85. The van der Waals surface area contributed by atoms with Gasteiger partial charge in [0.15, 0.2) is 0 Å². The molecule has 0 saturated carbocycles. The molecular weight excluding hydrogens is 314 g/mol. The van der Waals surface area contributed by atoms with Gasteiger partial charge in [0.1, 0.15) is 5.82 Å². The van der Waals surface area contributed by atoms with Crippen LogP contribution in [-0.2, 0) is 16.1 Å². The molecular formula is C17H22ClN3O2. The molecule has 1 aromatic heterocycles. The van der Waals surface area contributed by atoms with Crippen LogP contribution in [-0.4, -0.2) is 28.9 Å². The molecule has 0 aliphatic carbocycles. The number of carbonyl (C=O) groups is 1. The second kappa shape index (κ2) is 8.70. The van der Waals surface area contributed by atoms with E-state index in [1.807, 2.05) is 24.3 Å². The Morgan fingerprint density at radius 3 is 2.74 bits per heavy atom. The van der Waals surface area contributed by atoms with Gasteiger partial charge in [-0.3, -0.25) is 4.79 Å². The van der Waals surface area contributed by atoms with Gasteiger partial charge in [-0.2, -0.15) is 5.10 Å². The smallest absolute Gasteiger partial charge is 0.227 e. The Morgan fingerprint density at radius 2 is 2.04 bits per heavy atom. The molecule has 1 N–H and O–H groups in total. The number of nitrogens with one attached hydrogen (secondary N) is 1. The number of hydrogen-bond acceptors (Lipinski definition) is 3. The monoisotopic (exact) mass is 335 g/mol. The molecule has 0 aliphatic rings. The van der Waals surface area contributed by atoms with Crippen molar-refractivity contribution in [1.82, 2.24) is 9.78 Å². The summed E-state index contributed by atoms with van der Waals surface area (Å²) in [5, 5.41) is 7.81. The van der Waals surface area contributed by atoms with E-state index in [-0.39, 0.29) is 5.91 Å². The van der Waals surface area contributed by atoms with Crippen LogP contribution in [0.2, 0.25) is 5.02 Å². The second-order valence-electron chi connectivity index (χ2n) is 5.77. The van der Waals surface area contributed by atoms with Crippen molar-refractivity contribution in [2.24, 2.45) is 5.92 Å². The summed E-state index contributed by atoms with van der Waals surface area (Å²) in [7, 11) is 0. The van der Waals surface area contributed by atoms with Gasteiger partial charge in [-0.05, 0) is 23.6 Å². The van der Waals surface area contributed by atoms with Crippen molar-refractivity contribution in [1.29, 1.82) is 0 Å². The lowest BCUT2D eigenvalue weighted by atomic mass is 10.2. The fraction of sp³-hybridized carbons (Fsp3) is 0.412. The van der Waals surface area contributed by atoms with E-state index in [9.17, 15) is 4.79 Å². The number of aromatic nitrogens is 2. The van der Waals surface area contributed by atoms with Crippen molar-refractivity contribution in [3.63, 3.8) is 0 Å². The molecule has 0 radical (unpaired) electrons. The molecule has 1 heterocycles. The molecule has 0 atom stereocenters. The van der Waals surface area contributed by atoms with Gasteiger partial charge < -0.3 is 10.1 Å². The standard InChI is InChI=1S/C17H22ClN3O2/c1-13(2)12-23-10-8-17(22)20-16-7-9-19-21(16)11-14-3-5-15(18)6-4-14/h3-7,9,13H,8,10-12H2,1-2H3,(H,20,22). The quantitative estimate of drug-likeness (QED) is 0.750. The fourth-order valence-corrected chi connectivity index (χ4v) is 2.14. The highest BCUT2D eigenvalue weighted by atomic mass is 35.5. The van der Waals surface area contributed by atoms with Crippen LogP contribution in [0.5, 0.6) is 0 Å². The van der Waals surface area contributed by atoms with Crippen LogP contribution in [0.1, 0.15) is 25.8 Å². The summed E-state index contributed by atoms with van der Waals surface area (Å²) in [4.78, 5) is 12.0. The lowest BCUT2D eigenvalue weighted by Gasteiger charge is -2.10. The maximum atomic E-state index is 12.0. The largest absolute Gasteiger partial charge is 0.381 e. The molecule has 1 aromatic carbocycles. The van der Waals surface area contributed by atoms with E-state index < -0.39 is 0 Å². The highest BCUT2D eigenvalue weighted by molar-refractivity contribution is 6.30. The maximum absolute atomic E-state index is 12.0. The second-order valence-corrected chi connectivity index (χ2v) is 6.20. The number of ether oxygens (including phenoxy) is 1. The molecule has 0 bridgehead atoms. The number of rotatable bonds is 8. The number of anilines is 1. The topological polar surface area (TPSA) is 56.1 Å². The lowest BCUT2D eigenvalue weighted by Crippen LogP contribution is -2.18.